The zero-order valence-corrected chi connectivity index (χ0v) is 9.78. The van der Waals surface area contributed by atoms with E-state index >= 15 is 0 Å². The van der Waals surface area contributed by atoms with Crippen molar-refractivity contribution in [2.45, 2.75) is 51.1 Å². The molecule has 0 saturated heterocycles. The Morgan fingerprint density at radius 3 is 2.44 bits per heavy atom. The molecule has 0 spiro atoms. The van der Waals surface area contributed by atoms with Gasteiger partial charge < -0.3 is 9.84 Å². The summed E-state index contributed by atoms with van der Waals surface area (Å²) < 4.78 is 4.84. The first kappa shape index (κ1) is 13.0. The van der Waals surface area contributed by atoms with Crippen molar-refractivity contribution in [1.82, 2.24) is 5.32 Å². The van der Waals surface area contributed by atoms with Crippen molar-refractivity contribution in [3.8, 4) is 0 Å². The summed E-state index contributed by atoms with van der Waals surface area (Å²) in [4.78, 5) is 22.6. The number of rotatable bonds is 5. The largest absolute Gasteiger partial charge is 0.480 e. The molecular formula is C11H19NO4. The van der Waals surface area contributed by atoms with Gasteiger partial charge in [0, 0.05) is 0 Å². The van der Waals surface area contributed by atoms with E-state index in [1.807, 2.05) is 0 Å². The molecule has 5 heteroatoms. The molecule has 0 amide bonds. The van der Waals surface area contributed by atoms with Gasteiger partial charge in [-0.3, -0.25) is 14.9 Å². The molecule has 92 valence electrons. The van der Waals surface area contributed by atoms with Crippen LogP contribution in [0.4, 0.5) is 0 Å². The van der Waals surface area contributed by atoms with Gasteiger partial charge in [0.05, 0.1) is 6.61 Å². The van der Waals surface area contributed by atoms with Crippen LogP contribution in [0.2, 0.25) is 0 Å². The van der Waals surface area contributed by atoms with E-state index in [2.05, 4.69) is 5.32 Å². The number of hydrogen-bond donors (Lipinski definition) is 2. The number of esters is 1. The summed E-state index contributed by atoms with van der Waals surface area (Å²) in [6, 6.07) is -0.575. The van der Waals surface area contributed by atoms with Crippen LogP contribution in [0.5, 0.6) is 0 Å². The van der Waals surface area contributed by atoms with Gasteiger partial charge in [0.1, 0.15) is 11.6 Å². The van der Waals surface area contributed by atoms with E-state index in [9.17, 15) is 14.7 Å². The second-order valence-electron chi connectivity index (χ2n) is 4.21. The van der Waals surface area contributed by atoms with Crippen LogP contribution in [0.15, 0.2) is 0 Å². The monoisotopic (exact) mass is 229 g/mol. The maximum atomic E-state index is 11.4. The molecule has 16 heavy (non-hydrogen) atoms. The molecule has 1 atom stereocenters. The van der Waals surface area contributed by atoms with E-state index in [0.29, 0.717) is 19.4 Å². The zero-order valence-electron chi connectivity index (χ0n) is 9.78. The fourth-order valence-corrected chi connectivity index (χ4v) is 2.14. The summed E-state index contributed by atoms with van der Waals surface area (Å²) in [5.41, 5.74) is -0.938. The third-order valence-electron chi connectivity index (χ3n) is 3.00. The highest BCUT2D eigenvalue weighted by molar-refractivity contribution is 5.81. The fourth-order valence-electron chi connectivity index (χ4n) is 2.14. The summed E-state index contributed by atoms with van der Waals surface area (Å²) in [7, 11) is 0. The number of aliphatic carboxylic acids is 1. The van der Waals surface area contributed by atoms with Crippen LogP contribution >= 0.6 is 0 Å². The normalized spacial score (nSPS) is 20.4. The Labute approximate surface area is 95.2 Å². The Bertz CT molecular complexity index is 271. The molecule has 1 rings (SSSR count). The maximum absolute atomic E-state index is 11.4. The molecule has 1 unspecified atom stereocenters. The van der Waals surface area contributed by atoms with Gasteiger partial charge in [-0.2, -0.15) is 0 Å². The smallest absolute Gasteiger partial charge is 0.323 e. The second kappa shape index (κ2) is 5.30. The summed E-state index contributed by atoms with van der Waals surface area (Å²) in [6.45, 7) is 3.68. The zero-order chi connectivity index (χ0) is 12.2. The molecule has 0 aliphatic heterocycles. The van der Waals surface area contributed by atoms with Crippen LogP contribution in [0.1, 0.15) is 39.5 Å². The molecule has 1 aliphatic carbocycles. The molecule has 2 N–H and O–H groups in total. The van der Waals surface area contributed by atoms with E-state index in [1.165, 1.54) is 0 Å². The van der Waals surface area contributed by atoms with Crippen LogP contribution in [-0.2, 0) is 14.3 Å². The number of nitrogens with one attached hydrogen (secondary N) is 1. The predicted molar refractivity (Wildman–Crippen MR) is 58.1 cm³/mol. The lowest BCUT2D eigenvalue weighted by Gasteiger charge is -2.28. The van der Waals surface area contributed by atoms with Crippen LogP contribution in [-0.4, -0.2) is 35.2 Å². The van der Waals surface area contributed by atoms with Gasteiger partial charge in [-0.1, -0.05) is 12.8 Å². The van der Waals surface area contributed by atoms with E-state index < -0.39 is 23.5 Å². The van der Waals surface area contributed by atoms with Crippen molar-refractivity contribution >= 4 is 11.9 Å². The van der Waals surface area contributed by atoms with Crippen LogP contribution in [0.3, 0.4) is 0 Å². The predicted octanol–water partition coefficient (Wildman–Crippen LogP) is 0.925. The minimum Gasteiger partial charge on any atom is -0.480 e. The summed E-state index contributed by atoms with van der Waals surface area (Å²) in [5.74, 6) is -1.27. The van der Waals surface area contributed by atoms with E-state index in [-0.39, 0.29) is 0 Å². The molecule has 0 aromatic carbocycles. The Morgan fingerprint density at radius 1 is 1.44 bits per heavy atom. The minimum absolute atomic E-state index is 0.310. The van der Waals surface area contributed by atoms with Crippen molar-refractivity contribution in [2.24, 2.45) is 0 Å². The molecule has 0 aromatic rings. The lowest BCUT2D eigenvalue weighted by molar-refractivity contribution is -0.149. The quantitative estimate of drug-likeness (QED) is 0.686. The average Bonchev–Trinajstić information content (AvgIpc) is 2.68. The van der Waals surface area contributed by atoms with Gasteiger partial charge >= 0.3 is 11.9 Å². The molecule has 1 fully saturated rings. The topological polar surface area (TPSA) is 75.6 Å². The average molecular weight is 229 g/mol. The van der Waals surface area contributed by atoms with Gasteiger partial charge in [0.2, 0.25) is 0 Å². The van der Waals surface area contributed by atoms with Crippen molar-refractivity contribution in [3.63, 3.8) is 0 Å². The first-order valence-electron chi connectivity index (χ1n) is 5.69. The van der Waals surface area contributed by atoms with Gasteiger partial charge in [-0.05, 0) is 26.7 Å². The van der Waals surface area contributed by atoms with Gasteiger partial charge in [-0.15, -0.1) is 0 Å². The van der Waals surface area contributed by atoms with Crippen molar-refractivity contribution in [1.29, 1.82) is 0 Å². The van der Waals surface area contributed by atoms with Gasteiger partial charge in [0.15, 0.2) is 0 Å². The number of carbonyl (C=O) groups excluding carboxylic acids is 1. The molecular weight excluding hydrogens is 210 g/mol. The van der Waals surface area contributed by atoms with Crippen LogP contribution < -0.4 is 5.32 Å². The SMILES string of the molecule is CCOC(=O)C(C)NC1(C(=O)O)CCCC1. The number of carboxylic acid groups (broad SMARTS) is 1. The van der Waals surface area contributed by atoms with Crippen molar-refractivity contribution in [2.75, 3.05) is 6.61 Å². The number of ether oxygens (including phenoxy) is 1. The lowest BCUT2D eigenvalue weighted by Crippen LogP contribution is -2.55. The molecule has 1 saturated carbocycles. The highest BCUT2D eigenvalue weighted by Crippen LogP contribution is 2.30. The van der Waals surface area contributed by atoms with Gasteiger partial charge in [0.25, 0.3) is 0 Å². The molecule has 0 heterocycles. The second-order valence-corrected chi connectivity index (χ2v) is 4.21. The van der Waals surface area contributed by atoms with Crippen LogP contribution in [0.25, 0.3) is 0 Å². The van der Waals surface area contributed by atoms with Crippen molar-refractivity contribution < 1.29 is 19.4 Å². The summed E-state index contributed by atoms with van der Waals surface area (Å²) in [6.07, 6.45) is 2.92. The molecule has 0 radical (unpaired) electrons. The molecule has 1 aliphatic rings. The first-order valence-corrected chi connectivity index (χ1v) is 5.69. The standard InChI is InChI=1S/C11H19NO4/c1-3-16-9(13)8(2)12-11(10(14)15)6-4-5-7-11/h8,12H,3-7H2,1-2H3,(H,14,15). The maximum Gasteiger partial charge on any atom is 0.323 e. The van der Waals surface area contributed by atoms with Gasteiger partial charge in [-0.25, -0.2) is 0 Å². The van der Waals surface area contributed by atoms with Crippen molar-refractivity contribution in [3.05, 3.63) is 0 Å². The summed E-state index contributed by atoms with van der Waals surface area (Å²) in [5, 5.41) is 12.1. The van der Waals surface area contributed by atoms with E-state index in [0.717, 1.165) is 12.8 Å². The Kier molecular flexibility index (Phi) is 4.29. The number of hydrogen-bond acceptors (Lipinski definition) is 4. The van der Waals surface area contributed by atoms with Crippen LogP contribution in [0, 0.1) is 0 Å². The van der Waals surface area contributed by atoms with E-state index in [4.69, 9.17) is 4.74 Å². The summed E-state index contributed by atoms with van der Waals surface area (Å²) >= 11 is 0. The molecule has 5 nitrogen and oxygen atoms in total. The number of carbonyl (C=O) groups is 2. The first-order chi connectivity index (χ1) is 7.52. The Hall–Kier alpha value is -1.10. The Morgan fingerprint density at radius 2 is 2.00 bits per heavy atom. The molecule has 0 bridgehead atoms. The minimum atomic E-state index is -0.938. The molecule has 0 aromatic heterocycles. The third kappa shape index (κ3) is 2.72. The third-order valence-corrected chi connectivity index (χ3v) is 3.00. The highest BCUT2D eigenvalue weighted by atomic mass is 16.5. The Balaban J connectivity index is 2.62. The lowest BCUT2D eigenvalue weighted by atomic mass is 9.96. The highest BCUT2D eigenvalue weighted by Gasteiger charge is 2.43. The van der Waals surface area contributed by atoms with E-state index in [1.54, 1.807) is 13.8 Å². The number of carboxylic acids is 1. The fraction of sp³-hybridized carbons (Fsp3) is 0.818.